The van der Waals surface area contributed by atoms with Crippen LogP contribution in [0.3, 0.4) is 0 Å². The normalized spacial score (nSPS) is 36.8. The van der Waals surface area contributed by atoms with Gasteiger partial charge in [0.1, 0.15) is 0 Å². The van der Waals surface area contributed by atoms with Crippen LogP contribution >= 0.6 is 0 Å². The molecule has 2 aliphatic heterocycles. The molecule has 1 aromatic rings. The Morgan fingerprint density at radius 3 is 2.69 bits per heavy atom. The summed E-state index contributed by atoms with van der Waals surface area (Å²) in [7, 11) is 7.17. The zero-order valence-electron chi connectivity index (χ0n) is 16.0. The number of rotatable bonds is 3. The van der Waals surface area contributed by atoms with Gasteiger partial charge in [-0.3, -0.25) is 4.84 Å². The predicted octanol–water partition coefficient (Wildman–Crippen LogP) is 2.29. The summed E-state index contributed by atoms with van der Waals surface area (Å²) in [6, 6.07) is 4.23. The number of hydrogen-bond acceptors (Lipinski definition) is 6. The van der Waals surface area contributed by atoms with E-state index in [0.29, 0.717) is 6.61 Å². The van der Waals surface area contributed by atoms with E-state index in [1.807, 2.05) is 18.2 Å². The predicted molar refractivity (Wildman–Crippen MR) is 94.4 cm³/mol. The Kier molecular flexibility index (Phi) is 3.46. The zero-order chi connectivity index (χ0) is 18.2. The maximum atomic E-state index is 6.64. The van der Waals surface area contributed by atoms with Crippen molar-refractivity contribution in [3.63, 3.8) is 0 Å². The van der Waals surface area contributed by atoms with E-state index in [2.05, 4.69) is 6.07 Å². The lowest BCUT2D eigenvalue weighted by Gasteiger charge is -2.46. The molecule has 2 fully saturated rings. The van der Waals surface area contributed by atoms with E-state index in [0.717, 1.165) is 43.7 Å². The largest absolute Gasteiger partial charge is 0.493 e. The Bertz CT molecular complexity index is 748. The SMILES string of the molecule is COc1ccc2c3c1O[C@H]1C(OC)(OC)C[C@]4(CC2)CON(C)CC[C@]314. The first-order chi connectivity index (χ1) is 12.6. The summed E-state index contributed by atoms with van der Waals surface area (Å²) in [5.41, 5.74) is 2.43. The number of benzene rings is 1. The molecule has 2 heterocycles. The van der Waals surface area contributed by atoms with Crippen molar-refractivity contribution in [3.05, 3.63) is 23.3 Å². The molecule has 0 N–H and O–H groups in total. The fraction of sp³-hybridized carbons (Fsp3) is 0.700. The highest BCUT2D eigenvalue weighted by molar-refractivity contribution is 5.62. The first-order valence-electron chi connectivity index (χ1n) is 9.37. The highest BCUT2D eigenvalue weighted by Crippen LogP contribution is 2.72. The molecular weight excluding hydrogens is 334 g/mol. The molecule has 0 bridgehead atoms. The highest BCUT2D eigenvalue weighted by Gasteiger charge is 2.77. The lowest BCUT2D eigenvalue weighted by molar-refractivity contribution is -0.247. The molecule has 4 aliphatic rings. The molecule has 0 unspecified atom stereocenters. The minimum atomic E-state index is -0.773. The van der Waals surface area contributed by atoms with Crippen LogP contribution in [0.25, 0.3) is 0 Å². The van der Waals surface area contributed by atoms with Crippen LogP contribution in [0.2, 0.25) is 0 Å². The van der Waals surface area contributed by atoms with Gasteiger partial charge in [0.15, 0.2) is 17.6 Å². The third kappa shape index (κ3) is 1.72. The fourth-order valence-electron chi connectivity index (χ4n) is 6.19. The van der Waals surface area contributed by atoms with Crippen LogP contribution < -0.4 is 9.47 Å². The second-order valence-electron chi connectivity index (χ2n) is 8.15. The molecule has 6 heteroatoms. The second-order valence-corrected chi connectivity index (χ2v) is 8.15. The average Bonchev–Trinajstić information content (AvgIpc) is 3.09. The van der Waals surface area contributed by atoms with Crippen LogP contribution in [-0.4, -0.2) is 58.5 Å². The van der Waals surface area contributed by atoms with Gasteiger partial charge in [-0.25, -0.2) is 0 Å². The molecule has 1 saturated heterocycles. The van der Waals surface area contributed by atoms with Crippen LogP contribution in [0, 0.1) is 5.41 Å². The lowest BCUT2D eigenvalue weighted by atomic mass is 9.54. The van der Waals surface area contributed by atoms with Gasteiger partial charge in [0.25, 0.3) is 0 Å². The summed E-state index contributed by atoms with van der Waals surface area (Å²) in [6.07, 6.45) is 3.59. The van der Waals surface area contributed by atoms with Crippen LogP contribution in [-0.2, 0) is 26.1 Å². The third-order valence-electron chi connectivity index (χ3n) is 7.43. The maximum Gasteiger partial charge on any atom is 0.206 e. The van der Waals surface area contributed by atoms with E-state index >= 15 is 0 Å². The summed E-state index contributed by atoms with van der Waals surface area (Å²) in [6.45, 7) is 1.51. The van der Waals surface area contributed by atoms with Gasteiger partial charge < -0.3 is 18.9 Å². The molecule has 6 nitrogen and oxygen atoms in total. The number of hydrogen-bond donors (Lipinski definition) is 0. The van der Waals surface area contributed by atoms with E-state index in [-0.39, 0.29) is 16.9 Å². The van der Waals surface area contributed by atoms with Gasteiger partial charge >= 0.3 is 0 Å². The van der Waals surface area contributed by atoms with Crippen LogP contribution in [0.1, 0.15) is 30.4 Å². The molecule has 0 radical (unpaired) electrons. The smallest absolute Gasteiger partial charge is 0.206 e. The summed E-state index contributed by atoms with van der Waals surface area (Å²) in [5.74, 6) is 0.898. The molecule has 1 saturated carbocycles. The second kappa shape index (κ2) is 5.35. The minimum Gasteiger partial charge on any atom is -0.493 e. The Morgan fingerprint density at radius 1 is 1.15 bits per heavy atom. The van der Waals surface area contributed by atoms with Crippen molar-refractivity contribution in [2.24, 2.45) is 5.41 Å². The van der Waals surface area contributed by atoms with E-state index in [4.69, 9.17) is 23.8 Å². The molecule has 1 aromatic carbocycles. The highest BCUT2D eigenvalue weighted by atomic mass is 16.7. The van der Waals surface area contributed by atoms with Crippen LogP contribution in [0.4, 0.5) is 0 Å². The quantitative estimate of drug-likeness (QED) is 0.770. The molecule has 1 spiro atoms. The Hall–Kier alpha value is -1.34. The van der Waals surface area contributed by atoms with Gasteiger partial charge in [-0.2, -0.15) is 5.06 Å². The van der Waals surface area contributed by atoms with Gasteiger partial charge in [-0.15, -0.1) is 0 Å². The van der Waals surface area contributed by atoms with Gasteiger partial charge in [-0.05, 0) is 30.9 Å². The number of methoxy groups -OCH3 is 3. The number of hydroxylamine groups is 2. The molecular formula is C20H27NO5. The fourth-order valence-corrected chi connectivity index (χ4v) is 6.19. The number of aryl methyl sites for hydroxylation is 1. The van der Waals surface area contributed by atoms with E-state index in [1.165, 1.54) is 11.1 Å². The van der Waals surface area contributed by atoms with Gasteiger partial charge in [0, 0.05) is 45.2 Å². The molecule has 0 amide bonds. The average molecular weight is 361 g/mol. The molecule has 142 valence electrons. The van der Waals surface area contributed by atoms with Crippen LogP contribution in [0.15, 0.2) is 12.1 Å². The van der Waals surface area contributed by atoms with Gasteiger partial charge in [-0.1, -0.05) is 6.07 Å². The van der Waals surface area contributed by atoms with Crippen molar-refractivity contribution in [3.8, 4) is 11.5 Å². The van der Waals surface area contributed by atoms with E-state index < -0.39 is 5.79 Å². The van der Waals surface area contributed by atoms with E-state index in [1.54, 1.807) is 21.3 Å². The van der Waals surface area contributed by atoms with E-state index in [9.17, 15) is 0 Å². The molecule has 2 aliphatic carbocycles. The standard InChI is InChI=1S/C20H27NO5/c1-21-10-9-19-15-13-5-6-14(22-2)16(15)26-17(19)20(23-3,24-4)11-18(19,8-7-13)12-25-21/h5-6,17H,7-12H2,1-4H3/t17-,18-,19+/m1/s1. The van der Waals surface area contributed by atoms with Gasteiger partial charge in [0.2, 0.25) is 5.79 Å². The number of ether oxygens (including phenoxy) is 4. The Balaban J connectivity index is 1.81. The number of nitrogens with zero attached hydrogens (tertiary/aromatic N) is 1. The summed E-state index contributed by atoms with van der Waals surface area (Å²) in [4.78, 5) is 6.13. The zero-order valence-corrected chi connectivity index (χ0v) is 16.0. The molecule has 5 rings (SSSR count). The summed E-state index contributed by atoms with van der Waals surface area (Å²) < 4.78 is 24.3. The monoisotopic (exact) mass is 361 g/mol. The topological polar surface area (TPSA) is 49.4 Å². The van der Waals surface area contributed by atoms with Crippen molar-refractivity contribution in [2.75, 3.05) is 41.5 Å². The van der Waals surface area contributed by atoms with Gasteiger partial charge in [0.05, 0.1) is 19.1 Å². The summed E-state index contributed by atoms with van der Waals surface area (Å²) >= 11 is 0. The van der Waals surface area contributed by atoms with Crippen molar-refractivity contribution < 1.29 is 23.8 Å². The minimum absolute atomic E-state index is 0.0704. The Morgan fingerprint density at radius 2 is 1.96 bits per heavy atom. The molecule has 26 heavy (non-hydrogen) atoms. The van der Waals surface area contributed by atoms with Crippen LogP contribution in [0.5, 0.6) is 11.5 Å². The Labute approximate surface area is 154 Å². The maximum absolute atomic E-state index is 6.64. The summed E-state index contributed by atoms with van der Waals surface area (Å²) in [5, 5.41) is 1.97. The van der Waals surface area contributed by atoms with Crippen molar-refractivity contribution in [1.82, 2.24) is 5.06 Å². The third-order valence-corrected chi connectivity index (χ3v) is 7.43. The molecule has 0 aromatic heterocycles. The van der Waals surface area contributed by atoms with Crippen molar-refractivity contribution in [1.29, 1.82) is 0 Å². The van der Waals surface area contributed by atoms with Crippen molar-refractivity contribution in [2.45, 2.75) is 43.0 Å². The molecule has 3 atom stereocenters. The first-order valence-corrected chi connectivity index (χ1v) is 9.37. The van der Waals surface area contributed by atoms with Crippen molar-refractivity contribution >= 4 is 0 Å². The lowest BCUT2D eigenvalue weighted by Crippen LogP contribution is -2.54. The first kappa shape index (κ1) is 16.8.